The number of hydrogen-bond donors (Lipinski definition) is 0. The smallest absolute Gasteiger partial charge is 0.227 e. The van der Waals surface area contributed by atoms with Gasteiger partial charge < -0.3 is 4.74 Å². The average molecular weight is 164 g/mol. The third kappa shape index (κ3) is 0.827. The summed E-state index contributed by atoms with van der Waals surface area (Å²) in [6, 6.07) is 0. The van der Waals surface area contributed by atoms with E-state index in [0.717, 1.165) is 11.0 Å². The third-order valence-corrected chi connectivity index (χ3v) is 1.69. The van der Waals surface area contributed by atoms with E-state index in [1.54, 1.807) is 18.0 Å². The second-order valence-corrected chi connectivity index (χ2v) is 2.39. The topological polar surface area (TPSA) is 52.8 Å². The van der Waals surface area contributed by atoms with Crippen molar-refractivity contribution in [3.8, 4) is 5.88 Å². The van der Waals surface area contributed by atoms with Crippen molar-refractivity contribution in [3.63, 3.8) is 0 Å². The van der Waals surface area contributed by atoms with Crippen LogP contribution in [0.25, 0.3) is 11.0 Å². The van der Waals surface area contributed by atoms with Gasteiger partial charge in [-0.3, -0.25) is 4.68 Å². The molecule has 12 heavy (non-hydrogen) atoms. The van der Waals surface area contributed by atoms with Crippen molar-refractivity contribution in [3.05, 3.63) is 12.5 Å². The Hall–Kier alpha value is -1.65. The SMILES string of the molecule is COc1ncnc2c1cnn2C. The van der Waals surface area contributed by atoms with Crippen LogP contribution in [0.1, 0.15) is 0 Å². The van der Waals surface area contributed by atoms with Crippen molar-refractivity contribution in [2.24, 2.45) is 7.05 Å². The van der Waals surface area contributed by atoms with Gasteiger partial charge in [0.25, 0.3) is 0 Å². The molecule has 0 unspecified atom stereocenters. The summed E-state index contributed by atoms with van der Waals surface area (Å²) in [4.78, 5) is 8.01. The molecule has 0 aliphatic rings. The fourth-order valence-electron chi connectivity index (χ4n) is 1.10. The van der Waals surface area contributed by atoms with Gasteiger partial charge in [-0.25, -0.2) is 9.97 Å². The lowest BCUT2D eigenvalue weighted by atomic mass is 10.4. The predicted octanol–water partition coefficient (Wildman–Crippen LogP) is 0.372. The molecule has 0 fully saturated rings. The molecular formula is C7H8N4O. The first-order chi connectivity index (χ1) is 5.83. The maximum Gasteiger partial charge on any atom is 0.227 e. The number of methoxy groups -OCH3 is 1. The van der Waals surface area contributed by atoms with Gasteiger partial charge in [0.2, 0.25) is 5.88 Å². The first-order valence-electron chi connectivity index (χ1n) is 3.49. The van der Waals surface area contributed by atoms with Crippen molar-refractivity contribution >= 4 is 11.0 Å². The van der Waals surface area contributed by atoms with Crippen LogP contribution in [0.5, 0.6) is 5.88 Å². The summed E-state index contributed by atoms with van der Waals surface area (Å²) < 4.78 is 6.72. The molecule has 0 spiro atoms. The number of ether oxygens (including phenoxy) is 1. The summed E-state index contributed by atoms with van der Waals surface area (Å²) >= 11 is 0. The Bertz CT molecular complexity index is 409. The molecule has 0 saturated carbocycles. The van der Waals surface area contributed by atoms with Crippen LogP contribution in [0.3, 0.4) is 0 Å². The lowest BCUT2D eigenvalue weighted by Crippen LogP contribution is -1.93. The van der Waals surface area contributed by atoms with Crippen LogP contribution in [-0.2, 0) is 7.05 Å². The highest BCUT2D eigenvalue weighted by molar-refractivity contribution is 5.79. The van der Waals surface area contributed by atoms with Gasteiger partial charge in [0.05, 0.1) is 13.3 Å². The van der Waals surface area contributed by atoms with Crippen LogP contribution >= 0.6 is 0 Å². The number of nitrogens with zero attached hydrogens (tertiary/aromatic N) is 4. The molecule has 0 aromatic carbocycles. The highest BCUT2D eigenvalue weighted by Gasteiger charge is 2.06. The predicted molar refractivity (Wildman–Crippen MR) is 42.9 cm³/mol. The molecule has 0 radical (unpaired) electrons. The Morgan fingerprint density at radius 3 is 3.00 bits per heavy atom. The van der Waals surface area contributed by atoms with Gasteiger partial charge >= 0.3 is 0 Å². The van der Waals surface area contributed by atoms with E-state index in [4.69, 9.17) is 4.74 Å². The van der Waals surface area contributed by atoms with E-state index in [0.29, 0.717) is 5.88 Å². The number of rotatable bonds is 1. The molecule has 0 N–H and O–H groups in total. The number of hydrogen-bond acceptors (Lipinski definition) is 4. The highest BCUT2D eigenvalue weighted by Crippen LogP contribution is 2.18. The molecule has 0 saturated heterocycles. The molecule has 2 heterocycles. The minimum atomic E-state index is 0.563. The van der Waals surface area contributed by atoms with E-state index in [2.05, 4.69) is 15.1 Å². The minimum Gasteiger partial charge on any atom is -0.480 e. The molecule has 0 atom stereocenters. The molecular weight excluding hydrogens is 156 g/mol. The zero-order valence-electron chi connectivity index (χ0n) is 6.85. The Morgan fingerprint density at radius 1 is 1.42 bits per heavy atom. The summed E-state index contributed by atoms with van der Waals surface area (Å²) in [6.07, 6.45) is 3.15. The average Bonchev–Trinajstić information content (AvgIpc) is 2.48. The first-order valence-corrected chi connectivity index (χ1v) is 3.49. The Balaban J connectivity index is 2.81. The highest BCUT2D eigenvalue weighted by atomic mass is 16.5. The molecule has 2 rings (SSSR count). The molecule has 0 bridgehead atoms. The molecule has 0 amide bonds. The van der Waals surface area contributed by atoms with E-state index in [1.165, 1.54) is 6.33 Å². The van der Waals surface area contributed by atoms with Gasteiger partial charge in [-0.05, 0) is 0 Å². The van der Waals surface area contributed by atoms with Crippen LogP contribution in [0.2, 0.25) is 0 Å². The summed E-state index contributed by atoms with van der Waals surface area (Å²) in [5, 5.41) is 4.87. The van der Waals surface area contributed by atoms with Crippen LogP contribution in [-0.4, -0.2) is 26.9 Å². The van der Waals surface area contributed by atoms with Crippen molar-refractivity contribution in [2.75, 3.05) is 7.11 Å². The van der Waals surface area contributed by atoms with Gasteiger partial charge in [0, 0.05) is 7.05 Å². The summed E-state index contributed by atoms with van der Waals surface area (Å²) in [7, 11) is 3.41. The second kappa shape index (κ2) is 2.44. The van der Waals surface area contributed by atoms with Crippen LogP contribution in [0, 0.1) is 0 Å². The van der Waals surface area contributed by atoms with Gasteiger partial charge in [0.15, 0.2) is 5.65 Å². The van der Waals surface area contributed by atoms with E-state index >= 15 is 0 Å². The standard InChI is InChI=1S/C7H8N4O/c1-11-6-5(3-10-11)7(12-2)9-4-8-6/h3-4H,1-2H3. The molecule has 5 heteroatoms. The van der Waals surface area contributed by atoms with Gasteiger partial charge in [-0.2, -0.15) is 5.10 Å². The largest absolute Gasteiger partial charge is 0.480 e. The molecule has 5 nitrogen and oxygen atoms in total. The maximum atomic E-state index is 5.04. The van der Waals surface area contributed by atoms with Crippen molar-refractivity contribution in [1.29, 1.82) is 0 Å². The summed E-state index contributed by atoms with van der Waals surface area (Å²) in [6.45, 7) is 0. The van der Waals surface area contributed by atoms with Gasteiger partial charge in [-0.1, -0.05) is 0 Å². The van der Waals surface area contributed by atoms with Crippen molar-refractivity contribution in [2.45, 2.75) is 0 Å². The molecule has 0 aliphatic carbocycles. The van der Waals surface area contributed by atoms with Gasteiger partial charge in [0.1, 0.15) is 11.7 Å². The fraction of sp³-hybridized carbons (Fsp3) is 0.286. The van der Waals surface area contributed by atoms with Crippen molar-refractivity contribution < 1.29 is 4.74 Å². The van der Waals surface area contributed by atoms with Crippen molar-refractivity contribution in [1.82, 2.24) is 19.7 Å². The number of aromatic nitrogens is 4. The van der Waals surface area contributed by atoms with E-state index in [9.17, 15) is 0 Å². The summed E-state index contributed by atoms with van der Waals surface area (Å²) in [5.41, 5.74) is 0.779. The van der Waals surface area contributed by atoms with E-state index in [1.807, 2.05) is 7.05 Å². The monoisotopic (exact) mass is 164 g/mol. The molecule has 0 aliphatic heterocycles. The fourth-order valence-corrected chi connectivity index (χ4v) is 1.10. The summed E-state index contributed by atoms with van der Waals surface area (Å²) in [5.74, 6) is 0.563. The third-order valence-electron chi connectivity index (χ3n) is 1.69. The maximum absolute atomic E-state index is 5.04. The zero-order valence-corrected chi connectivity index (χ0v) is 6.85. The quantitative estimate of drug-likeness (QED) is 0.611. The Kier molecular flexibility index (Phi) is 1.43. The zero-order chi connectivity index (χ0) is 8.55. The van der Waals surface area contributed by atoms with E-state index < -0.39 is 0 Å². The Labute approximate surface area is 69.0 Å². The molecule has 62 valence electrons. The number of fused-ring (bicyclic) bond motifs is 1. The van der Waals surface area contributed by atoms with Crippen LogP contribution in [0.15, 0.2) is 12.5 Å². The Morgan fingerprint density at radius 2 is 2.25 bits per heavy atom. The normalized spacial score (nSPS) is 10.5. The number of aryl methyl sites for hydroxylation is 1. The molecule has 2 aromatic rings. The van der Waals surface area contributed by atoms with E-state index in [-0.39, 0.29) is 0 Å². The minimum absolute atomic E-state index is 0.563. The lowest BCUT2D eigenvalue weighted by Gasteiger charge is -1.97. The molecule has 2 aromatic heterocycles. The van der Waals surface area contributed by atoms with Gasteiger partial charge in [-0.15, -0.1) is 0 Å². The van der Waals surface area contributed by atoms with Crippen LogP contribution in [0.4, 0.5) is 0 Å². The lowest BCUT2D eigenvalue weighted by molar-refractivity contribution is 0.402. The first kappa shape index (κ1) is 7.02. The van der Waals surface area contributed by atoms with Crippen LogP contribution < -0.4 is 4.74 Å². The second-order valence-electron chi connectivity index (χ2n) is 2.39.